The molecule has 2 aromatic heterocycles. The molecular weight excluding hydrogens is 424 g/mol. The second kappa shape index (κ2) is 7.59. The SMILES string of the molecule is C[C@H]1CC2(CCN(c3cnc(Sc4ccnc5c4NC(=O)CC4(CC4)N5)cn3)CC2)CO1. The number of hydrogen-bond donors (Lipinski definition) is 2. The Labute approximate surface area is 191 Å². The zero-order valence-electron chi connectivity index (χ0n) is 18.3. The maximum Gasteiger partial charge on any atom is 0.226 e. The number of nitrogens with one attached hydrogen (secondary N) is 2. The Morgan fingerprint density at radius 3 is 2.69 bits per heavy atom. The van der Waals surface area contributed by atoms with Gasteiger partial charge in [0, 0.05) is 36.1 Å². The number of nitrogens with zero attached hydrogens (tertiary/aromatic N) is 4. The van der Waals surface area contributed by atoms with Gasteiger partial charge in [-0.1, -0.05) is 11.8 Å². The summed E-state index contributed by atoms with van der Waals surface area (Å²) in [5.41, 5.74) is 0.991. The molecule has 1 aliphatic carbocycles. The summed E-state index contributed by atoms with van der Waals surface area (Å²) >= 11 is 1.50. The Balaban J connectivity index is 1.15. The minimum atomic E-state index is -0.108. The summed E-state index contributed by atoms with van der Waals surface area (Å²) in [5, 5.41) is 7.33. The summed E-state index contributed by atoms with van der Waals surface area (Å²) in [6.45, 7) is 5.06. The van der Waals surface area contributed by atoms with E-state index in [0.717, 1.165) is 72.6 Å². The van der Waals surface area contributed by atoms with Gasteiger partial charge in [0.05, 0.1) is 30.8 Å². The number of carbonyl (C=O) groups is 1. The number of amides is 1. The van der Waals surface area contributed by atoms with Gasteiger partial charge in [0.1, 0.15) is 10.8 Å². The van der Waals surface area contributed by atoms with Crippen molar-refractivity contribution < 1.29 is 9.53 Å². The smallest absolute Gasteiger partial charge is 0.226 e. The van der Waals surface area contributed by atoms with Crippen LogP contribution in [0.2, 0.25) is 0 Å². The van der Waals surface area contributed by atoms with Crippen LogP contribution in [0.25, 0.3) is 0 Å². The average molecular weight is 453 g/mol. The number of carbonyl (C=O) groups excluding carboxylic acids is 1. The molecule has 0 aromatic carbocycles. The van der Waals surface area contributed by atoms with Gasteiger partial charge in [0.15, 0.2) is 5.82 Å². The highest BCUT2D eigenvalue weighted by atomic mass is 32.2. The molecule has 9 heteroatoms. The van der Waals surface area contributed by atoms with Gasteiger partial charge in [0.25, 0.3) is 0 Å². The summed E-state index contributed by atoms with van der Waals surface area (Å²) < 4.78 is 5.84. The number of aromatic nitrogens is 3. The van der Waals surface area contributed by atoms with E-state index in [1.807, 2.05) is 18.5 Å². The summed E-state index contributed by atoms with van der Waals surface area (Å²) in [6.07, 6.45) is 11.8. The topological polar surface area (TPSA) is 92.3 Å². The predicted octanol–water partition coefficient (Wildman–Crippen LogP) is 3.70. The number of pyridine rings is 1. The van der Waals surface area contributed by atoms with Crippen LogP contribution in [-0.4, -0.2) is 52.2 Å². The average Bonchev–Trinajstić information content (AvgIpc) is 3.47. The lowest BCUT2D eigenvalue weighted by atomic mass is 9.77. The van der Waals surface area contributed by atoms with Crippen LogP contribution >= 0.6 is 11.8 Å². The van der Waals surface area contributed by atoms with Gasteiger partial charge in [-0.25, -0.2) is 15.0 Å². The molecule has 32 heavy (non-hydrogen) atoms. The Hall–Kier alpha value is -2.39. The molecule has 1 saturated carbocycles. The standard InChI is InChI=1S/C23H28N6O2S/c1-15-10-22(14-31-15)5-8-29(9-6-22)17-12-26-19(13-25-17)32-16-2-7-24-21-20(16)27-18(30)11-23(28-21)3-4-23/h2,7,12-13,15H,3-6,8-11,14H2,1H3,(H,24,28)(H,27,30)/t15-/m0/s1. The minimum Gasteiger partial charge on any atom is -0.378 e. The largest absolute Gasteiger partial charge is 0.378 e. The fraction of sp³-hybridized carbons (Fsp3) is 0.565. The van der Waals surface area contributed by atoms with Gasteiger partial charge in [-0.2, -0.15) is 0 Å². The molecule has 1 atom stereocenters. The molecule has 3 aliphatic heterocycles. The van der Waals surface area contributed by atoms with Crippen molar-refractivity contribution in [1.29, 1.82) is 0 Å². The van der Waals surface area contributed by atoms with E-state index < -0.39 is 0 Å². The van der Waals surface area contributed by atoms with E-state index in [0.29, 0.717) is 17.9 Å². The number of rotatable bonds is 3. The van der Waals surface area contributed by atoms with Crippen molar-refractivity contribution in [2.45, 2.75) is 67.0 Å². The third-order valence-corrected chi connectivity index (χ3v) is 8.26. The summed E-state index contributed by atoms with van der Waals surface area (Å²) in [4.78, 5) is 29.5. The lowest BCUT2D eigenvalue weighted by molar-refractivity contribution is -0.116. The van der Waals surface area contributed by atoms with Crippen molar-refractivity contribution in [2.24, 2.45) is 5.41 Å². The van der Waals surface area contributed by atoms with Gasteiger partial charge in [-0.3, -0.25) is 4.79 Å². The molecule has 6 rings (SSSR count). The Morgan fingerprint density at radius 1 is 1.16 bits per heavy atom. The highest BCUT2D eigenvalue weighted by molar-refractivity contribution is 7.99. The normalized spacial score (nSPS) is 25.2. The van der Waals surface area contributed by atoms with Crippen LogP contribution in [0.1, 0.15) is 45.4 Å². The van der Waals surface area contributed by atoms with Crippen LogP contribution in [0.3, 0.4) is 0 Å². The number of ether oxygens (including phenoxy) is 1. The summed E-state index contributed by atoms with van der Waals surface area (Å²) in [5.74, 6) is 1.71. The Bertz CT molecular complexity index is 1030. The number of anilines is 3. The minimum absolute atomic E-state index is 0.0370. The lowest BCUT2D eigenvalue weighted by Gasteiger charge is -2.38. The van der Waals surface area contributed by atoms with E-state index in [2.05, 4.69) is 32.4 Å². The second-order valence-electron chi connectivity index (χ2n) is 9.79. The first-order valence-electron chi connectivity index (χ1n) is 11.5. The number of hydrogen-bond acceptors (Lipinski definition) is 8. The van der Waals surface area contributed by atoms with Crippen LogP contribution in [-0.2, 0) is 9.53 Å². The van der Waals surface area contributed by atoms with Crippen LogP contribution in [0.15, 0.2) is 34.6 Å². The zero-order chi connectivity index (χ0) is 21.8. The molecule has 0 unspecified atom stereocenters. The molecule has 1 amide bonds. The van der Waals surface area contributed by atoms with Gasteiger partial charge in [-0.15, -0.1) is 0 Å². The molecule has 2 N–H and O–H groups in total. The first kappa shape index (κ1) is 20.2. The van der Waals surface area contributed by atoms with E-state index >= 15 is 0 Å². The van der Waals surface area contributed by atoms with Crippen molar-refractivity contribution in [3.05, 3.63) is 24.7 Å². The molecule has 5 heterocycles. The van der Waals surface area contributed by atoms with Crippen LogP contribution in [0.5, 0.6) is 0 Å². The van der Waals surface area contributed by atoms with Crippen LogP contribution < -0.4 is 15.5 Å². The molecule has 3 fully saturated rings. The van der Waals surface area contributed by atoms with Gasteiger partial charge in [-0.05, 0) is 50.5 Å². The molecule has 8 nitrogen and oxygen atoms in total. The van der Waals surface area contributed by atoms with Gasteiger partial charge in [0.2, 0.25) is 5.91 Å². The zero-order valence-corrected chi connectivity index (χ0v) is 19.1. The molecule has 2 spiro atoms. The highest BCUT2D eigenvalue weighted by Crippen LogP contribution is 2.47. The van der Waals surface area contributed by atoms with E-state index in [1.54, 1.807) is 6.20 Å². The molecule has 2 aromatic rings. The number of piperidine rings is 1. The summed E-state index contributed by atoms with van der Waals surface area (Å²) in [7, 11) is 0. The predicted molar refractivity (Wildman–Crippen MR) is 123 cm³/mol. The highest BCUT2D eigenvalue weighted by Gasteiger charge is 2.47. The van der Waals surface area contributed by atoms with Crippen molar-refractivity contribution in [2.75, 3.05) is 35.2 Å². The Kier molecular flexibility index (Phi) is 4.80. The number of fused-ring (bicyclic) bond motifs is 1. The monoisotopic (exact) mass is 452 g/mol. The molecule has 4 aliphatic rings. The third-order valence-electron chi connectivity index (χ3n) is 7.28. The van der Waals surface area contributed by atoms with E-state index in [1.165, 1.54) is 18.2 Å². The molecule has 0 radical (unpaired) electrons. The fourth-order valence-electron chi connectivity index (χ4n) is 5.23. The van der Waals surface area contributed by atoms with Gasteiger partial charge >= 0.3 is 0 Å². The molecule has 0 bridgehead atoms. The molecule has 168 valence electrons. The summed E-state index contributed by atoms with van der Waals surface area (Å²) in [6, 6.07) is 1.92. The second-order valence-corrected chi connectivity index (χ2v) is 10.9. The van der Waals surface area contributed by atoms with Crippen molar-refractivity contribution >= 4 is 35.0 Å². The van der Waals surface area contributed by atoms with E-state index in [9.17, 15) is 4.79 Å². The van der Waals surface area contributed by atoms with Crippen LogP contribution in [0.4, 0.5) is 17.3 Å². The molecular formula is C23H28N6O2S. The van der Waals surface area contributed by atoms with Crippen molar-refractivity contribution in [3.63, 3.8) is 0 Å². The maximum absolute atomic E-state index is 12.4. The third kappa shape index (κ3) is 3.81. The van der Waals surface area contributed by atoms with Crippen molar-refractivity contribution in [1.82, 2.24) is 15.0 Å². The van der Waals surface area contributed by atoms with E-state index in [4.69, 9.17) is 9.72 Å². The fourth-order valence-corrected chi connectivity index (χ4v) is 6.04. The van der Waals surface area contributed by atoms with Gasteiger partial charge < -0.3 is 20.3 Å². The lowest BCUT2D eigenvalue weighted by Crippen LogP contribution is -2.41. The molecule has 2 saturated heterocycles. The quantitative estimate of drug-likeness (QED) is 0.728. The first-order valence-corrected chi connectivity index (χ1v) is 12.3. The van der Waals surface area contributed by atoms with E-state index in [-0.39, 0.29) is 11.4 Å². The van der Waals surface area contributed by atoms with Crippen molar-refractivity contribution in [3.8, 4) is 0 Å². The Morgan fingerprint density at radius 2 is 2.00 bits per heavy atom. The first-order chi connectivity index (χ1) is 15.5. The van der Waals surface area contributed by atoms with Crippen LogP contribution in [0, 0.1) is 5.41 Å². The maximum atomic E-state index is 12.4.